The number of fused-ring (bicyclic) bond motifs is 1. The summed E-state index contributed by atoms with van der Waals surface area (Å²) in [6.07, 6.45) is 6.00. The van der Waals surface area contributed by atoms with Crippen molar-refractivity contribution in [3.05, 3.63) is 42.2 Å². The smallest absolute Gasteiger partial charge is 0.208 e. The van der Waals surface area contributed by atoms with Gasteiger partial charge in [0.15, 0.2) is 0 Å². The third-order valence-corrected chi connectivity index (χ3v) is 4.78. The van der Waals surface area contributed by atoms with E-state index in [1.807, 2.05) is 6.07 Å². The molecule has 1 N–H and O–H groups in total. The Kier molecular flexibility index (Phi) is 3.19. The summed E-state index contributed by atoms with van der Waals surface area (Å²) in [5.41, 5.74) is 2.23. The van der Waals surface area contributed by atoms with E-state index in [9.17, 15) is 0 Å². The molecular formula is C17H22N4. The van der Waals surface area contributed by atoms with Crippen molar-refractivity contribution >= 4 is 5.95 Å². The number of imidazole rings is 1. The molecule has 0 spiro atoms. The van der Waals surface area contributed by atoms with E-state index in [1.165, 1.54) is 38.0 Å². The van der Waals surface area contributed by atoms with Crippen molar-refractivity contribution in [3.63, 3.8) is 0 Å². The van der Waals surface area contributed by atoms with Crippen molar-refractivity contribution < 1.29 is 0 Å². The summed E-state index contributed by atoms with van der Waals surface area (Å²) < 4.78 is 2.17. The number of hydrogen-bond acceptors (Lipinski definition) is 3. The number of hydrogen-bond donors (Lipinski definition) is 1. The van der Waals surface area contributed by atoms with Crippen molar-refractivity contribution in [2.75, 3.05) is 18.4 Å². The summed E-state index contributed by atoms with van der Waals surface area (Å²) in [6.45, 7) is 4.56. The van der Waals surface area contributed by atoms with Gasteiger partial charge < -0.3 is 5.32 Å². The van der Waals surface area contributed by atoms with Gasteiger partial charge >= 0.3 is 0 Å². The Hall–Kier alpha value is -1.81. The zero-order chi connectivity index (χ0) is 14.2. The van der Waals surface area contributed by atoms with Crippen LogP contribution in [0.15, 0.2) is 36.5 Å². The predicted molar refractivity (Wildman–Crippen MR) is 84.9 cm³/mol. The lowest BCUT2D eigenvalue weighted by molar-refractivity contribution is 0.318. The molecule has 2 aliphatic heterocycles. The van der Waals surface area contributed by atoms with Gasteiger partial charge in [0, 0.05) is 30.5 Å². The van der Waals surface area contributed by atoms with E-state index in [4.69, 9.17) is 4.98 Å². The fourth-order valence-corrected chi connectivity index (χ4v) is 3.80. The summed E-state index contributed by atoms with van der Waals surface area (Å²) >= 11 is 0. The maximum Gasteiger partial charge on any atom is 0.208 e. The third-order valence-electron chi connectivity index (χ3n) is 4.78. The molecule has 0 aliphatic carbocycles. The summed E-state index contributed by atoms with van der Waals surface area (Å²) in [4.78, 5) is 7.32. The maximum atomic E-state index is 4.70. The molecule has 1 aromatic heterocycles. The van der Waals surface area contributed by atoms with Gasteiger partial charge in [-0.2, -0.15) is 0 Å². The van der Waals surface area contributed by atoms with Crippen LogP contribution in [0.5, 0.6) is 0 Å². The van der Waals surface area contributed by atoms with E-state index in [0.29, 0.717) is 12.1 Å². The minimum Gasteiger partial charge on any atom is -0.351 e. The Balaban J connectivity index is 1.61. The summed E-state index contributed by atoms with van der Waals surface area (Å²) in [6, 6.07) is 11.7. The van der Waals surface area contributed by atoms with Crippen LogP contribution in [-0.2, 0) is 0 Å². The van der Waals surface area contributed by atoms with Crippen molar-refractivity contribution in [1.82, 2.24) is 14.5 Å². The molecule has 2 aliphatic rings. The number of nitrogens with zero attached hydrogens (tertiary/aromatic N) is 3. The largest absolute Gasteiger partial charge is 0.351 e. The first-order valence-electron chi connectivity index (χ1n) is 7.93. The summed E-state index contributed by atoms with van der Waals surface area (Å²) in [7, 11) is 0. The second kappa shape index (κ2) is 5.19. The van der Waals surface area contributed by atoms with Gasteiger partial charge in [-0.15, -0.1) is 0 Å². The monoisotopic (exact) mass is 282 g/mol. The molecule has 4 rings (SSSR count). The van der Waals surface area contributed by atoms with Crippen LogP contribution in [0.2, 0.25) is 0 Å². The quantitative estimate of drug-likeness (QED) is 0.939. The molecule has 2 unspecified atom stereocenters. The number of aromatic nitrogens is 2. The summed E-state index contributed by atoms with van der Waals surface area (Å²) in [5.74, 6) is 0.984. The molecule has 4 heteroatoms. The Bertz CT molecular complexity index is 619. The Morgan fingerprint density at radius 2 is 2.00 bits per heavy atom. The van der Waals surface area contributed by atoms with Crippen LogP contribution in [0.4, 0.5) is 5.95 Å². The summed E-state index contributed by atoms with van der Waals surface area (Å²) in [5, 5.41) is 3.71. The van der Waals surface area contributed by atoms with Gasteiger partial charge in [-0.05, 0) is 44.9 Å². The van der Waals surface area contributed by atoms with E-state index in [-0.39, 0.29) is 0 Å². The molecule has 2 saturated heterocycles. The van der Waals surface area contributed by atoms with E-state index >= 15 is 0 Å². The highest BCUT2D eigenvalue weighted by Gasteiger charge is 2.37. The number of rotatable bonds is 3. The molecule has 1 aromatic carbocycles. The molecule has 3 heterocycles. The van der Waals surface area contributed by atoms with Crippen molar-refractivity contribution in [1.29, 1.82) is 0 Å². The highest BCUT2D eigenvalue weighted by atomic mass is 15.3. The molecule has 0 radical (unpaired) electrons. The van der Waals surface area contributed by atoms with Gasteiger partial charge in [0.25, 0.3) is 0 Å². The minimum absolute atomic E-state index is 0.539. The molecule has 0 bridgehead atoms. The second-order valence-corrected chi connectivity index (χ2v) is 6.20. The van der Waals surface area contributed by atoms with Crippen LogP contribution in [0.25, 0.3) is 5.69 Å². The SMILES string of the molecule is Cc1cn(-c2ccccc2)c(NC2CCN3CCCC23)n1. The first-order chi connectivity index (χ1) is 10.3. The normalized spacial score (nSPS) is 25.2. The van der Waals surface area contributed by atoms with Gasteiger partial charge in [-0.1, -0.05) is 18.2 Å². The predicted octanol–water partition coefficient (Wildman–Crippen LogP) is 2.83. The van der Waals surface area contributed by atoms with Crippen LogP contribution < -0.4 is 5.32 Å². The lowest BCUT2D eigenvalue weighted by Crippen LogP contribution is -2.34. The maximum absolute atomic E-state index is 4.70. The van der Waals surface area contributed by atoms with E-state index in [2.05, 4.69) is 52.2 Å². The lowest BCUT2D eigenvalue weighted by atomic mass is 10.1. The molecule has 4 nitrogen and oxygen atoms in total. The van der Waals surface area contributed by atoms with Gasteiger partial charge in [-0.3, -0.25) is 9.47 Å². The zero-order valence-electron chi connectivity index (χ0n) is 12.5. The second-order valence-electron chi connectivity index (χ2n) is 6.20. The molecule has 110 valence electrons. The van der Waals surface area contributed by atoms with Crippen LogP contribution in [0, 0.1) is 6.92 Å². The molecule has 2 fully saturated rings. The molecule has 0 saturated carbocycles. The highest BCUT2D eigenvalue weighted by molar-refractivity contribution is 5.44. The van der Waals surface area contributed by atoms with Gasteiger partial charge in [0.2, 0.25) is 5.95 Å². The topological polar surface area (TPSA) is 33.1 Å². The third kappa shape index (κ3) is 2.33. The number of aryl methyl sites for hydroxylation is 1. The Morgan fingerprint density at radius 3 is 2.86 bits per heavy atom. The van der Waals surface area contributed by atoms with E-state index < -0.39 is 0 Å². The standard InChI is InChI=1S/C17H22N4/c1-13-12-21(14-6-3-2-4-7-14)17(18-13)19-15-9-11-20-10-5-8-16(15)20/h2-4,6-7,12,15-16H,5,8-11H2,1H3,(H,18,19). The number of para-hydroxylation sites is 1. The molecule has 2 atom stereocenters. The van der Waals surface area contributed by atoms with Crippen molar-refractivity contribution in [2.24, 2.45) is 0 Å². The highest BCUT2D eigenvalue weighted by Crippen LogP contribution is 2.30. The first-order valence-corrected chi connectivity index (χ1v) is 7.93. The van der Waals surface area contributed by atoms with Crippen molar-refractivity contribution in [2.45, 2.75) is 38.3 Å². The molecule has 2 aromatic rings. The average molecular weight is 282 g/mol. The van der Waals surface area contributed by atoms with E-state index in [1.54, 1.807) is 0 Å². The fourth-order valence-electron chi connectivity index (χ4n) is 3.80. The molecular weight excluding hydrogens is 260 g/mol. The Morgan fingerprint density at radius 1 is 1.14 bits per heavy atom. The lowest BCUT2D eigenvalue weighted by Gasteiger charge is -2.22. The van der Waals surface area contributed by atoms with Crippen molar-refractivity contribution in [3.8, 4) is 5.69 Å². The van der Waals surface area contributed by atoms with Gasteiger partial charge in [0.05, 0.1) is 5.69 Å². The number of nitrogens with one attached hydrogen (secondary N) is 1. The zero-order valence-corrected chi connectivity index (χ0v) is 12.5. The van der Waals surface area contributed by atoms with Gasteiger partial charge in [-0.25, -0.2) is 4.98 Å². The van der Waals surface area contributed by atoms with Crippen LogP contribution in [-0.4, -0.2) is 39.6 Å². The Labute approximate surface area is 125 Å². The fraction of sp³-hybridized carbons (Fsp3) is 0.471. The minimum atomic E-state index is 0.539. The van der Waals surface area contributed by atoms with Crippen LogP contribution in [0.3, 0.4) is 0 Å². The number of anilines is 1. The molecule has 21 heavy (non-hydrogen) atoms. The van der Waals surface area contributed by atoms with Crippen LogP contribution in [0.1, 0.15) is 25.0 Å². The van der Waals surface area contributed by atoms with Crippen LogP contribution >= 0.6 is 0 Å². The number of benzene rings is 1. The van der Waals surface area contributed by atoms with Gasteiger partial charge in [0.1, 0.15) is 0 Å². The molecule has 0 amide bonds. The average Bonchev–Trinajstić information content (AvgIpc) is 3.18. The van der Waals surface area contributed by atoms with E-state index in [0.717, 1.165) is 11.6 Å². The first kappa shape index (κ1) is 12.9.